The lowest BCUT2D eigenvalue weighted by atomic mass is 10.1. The number of thioether (sulfide) groups is 1. The minimum atomic E-state index is -0.386. The van der Waals surface area contributed by atoms with Crippen LogP contribution in [0.25, 0.3) is 0 Å². The molecule has 0 aliphatic heterocycles. The normalized spacial score (nSPS) is 14.6. The topological polar surface area (TPSA) is 23.5 Å². The zero-order valence-corrected chi connectivity index (χ0v) is 11.3. The summed E-state index contributed by atoms with van der Waals surface area (Å²) in [4.78, 5) is 2.27. The van der Waals surface area contributed by atoms with Gasteiger partial charge in [-0.2, -0.15) is 11.8 Å². The molecule has 2 nitrogen and oxygen atoms in total. The van der Waals surface area contributed by atoms with Crippen LogP contribution in [0.1, 0.15) is 25.5 Å². The van der Waals surface area contributed by atoms with E-state index in [1.54, 1.807) is 6.92 Å². The second-order valence-corrected chi connectivity index (χ2v) is 5.09. The molecule has 1 aromatic carbocycles. The quantitative estimate of drug-likeness (QED) is 0.854. The molecule has 0 aromatic heterocycles. The summed E-state index contributed by atoms with van der Waals surface area (Å²) in [5.41, 5.74) is 2.17. The summed E-state index contributed by atoms with van der Waals surface area (Å²) in [5.74, 6) is 1.12. The molecule has 3 heteroatoms. The van der Waals surface area contributed by atoms with E-state index >= 15 is 0 Å². The first kappa shape index (κ1) is 13.4. The van der Waals surface area contributed by atoms with Gasteiger partial charge in [0.1, 0.15) is 0 Å². The molecule has 0 radical (unpaired) electrons. The lowest BCUT2D eigenvalue weighted by Crippen LogP contribution is -2.30. The van der Waals surface area contributed by atoms with Crippen molar-refractivity contribution in [3.8, 4) is 0 Å². The molecule has 1 N–H and O–H groups in total. The number of anilines is 1. The molecular formula is C13H21NOS. The molecule has 16 heavy (non-hydrogen) atoms. The zero-order chi connectivity index (χ0) is 12.1. The van der Waals surface area contributed by atoms with Crippen LogP contribution in [0, 0.1) is 0 Å². The molecule has 0 heterocycles. The Hall–Kier alpha value is -0.670. The average molecular weight is 239 g/mol. The highest BCUT2D eigenvalue weighted by molar-refractivity contribution is 7.98. The van der Waals surface area contributed by atoms with Crippen LogP contribution in [0.3, 0.4) is 0 Å². The van der Waals surface area contributed by atoms with E-state index in [1.165, 1.54) is 5.69 Å². The fourth-order valence-electron chi connectivity index (χ4n) is 1.60. The van der Waals surface area contributed by atoms with E-state index in [-0.39, 0.29) is 6.10 Å². The molecule has 0 fully saturated rings. The summed E-state index contributed by atoms with van der Waals surface area (Å²) < 4.78 is 0. The standard InChI is InChI=1S/C13H21NOS/c1-10(9-16-4)14(3)13-7-5-12(6-8-13)11(2)15/h5-8,10-11,15H,9H2,1-4H3. The Bertz CT molecular complexity index is 310. The fourth-order valence-corrected chi connectivity index (χ4v) is 2.30. The molecule has 2 unspecified atom stereocenters. The first-order chi connectivity index (χ1) is 7.56. The van der Waals surface area contributed by atoms with Crippen molar-refractivity contribution in [2.75, 3.05) is 24.0 Å². The molecule has 0 spiro atoms. The molecule has 90 valence electrons. The number of benzene rings is 1. The highest BCUT2D eigenvalue weighted by Gasteiger charge is 2.09. The van der Waals surface area contributed by atoms with Gasteiger partial charge in [0.15, 0.2) is 0 Å². The van der Waals surface area contributed by atoms with Gasteiger partial charge in [-0.25, -0.2) is 0 Å². The van der Waals surface area contributed by atoms with Crippen molar-refractivity contribution >= 4 is 17.4 Å². The number of hydrogen-bond donors (Lipinski definition) is 1. The first-order valence-corrected chi connectivity index (χ1v) is 6.95. The summed E-state index contributed by atoms with van der Waals surface area (Å²) >= 11 is 1.86. The molecule has 0 amide bonds. The first-order valence-electron chi connectivity index (χ1n) is 5.56. The van der Waals surface area contributed by atoms with Crippen LogP contribution in [0.15, 0.2) is 24.3 Å². The monoisotopic (exact) mass is 239 g/mol. The van der Waals surface area contributed by atoms with Crippen molar-refractivity contribution in [2.24, 2.45) is 0 Å². The van der Waals surface area contributed by atoms with Gasteiger partial charge in [-0.3, -0.25) is 0 Å². The third kappa shape index (κ3) is 3.42. The summed E-state index contributed by atoms with van der Waals surface area (Å²) in [6.45, 7) is 4.01. The van der Waals surface area contributed by atoms with E-state index < -0.39 is 0 Å². The lowest BCUT2D eigenvalue weighted by Gasteiger charge is -2.26. The molecule has 1 rings (SSSR count). The van der Waals surface area contributed by atoms with Crippen molar-refractivity contribution in [1.29, 1.82) is 0 Å². The minimum absolute atomic E-state index is 0.386. The van der Waals surface area contributed by atoms with Crippen molar-refractivity contribution in [1.82, 2.24) is 0 Å². The average Bonchev–Trinajstić information content (AvgIpc) is 2.28. The smallest absolute Gasteiger partial charge is 0.0761 e. The second kappa shape index (κ2) is 6.16. The van der Waals surface area contributed by atoms with E-state index in [4.69, 9.17) is 0 Å². The van der Waals surface area contributed by atoms with Gasteiger partial charge >= 0.3 is 0 Å². The van der Waals surface area contributed by atoms with E-state index in [9.17, 15) is 5.11 Å². The third-order valence-electron chi connectivity index (χ3n) is 2.85. The molecule has 0 aliphatic rings. The molecule has 0 aliphatic carbocycles. The van der Waals surface area contributed by atoms with Crippen molar-refractivity contribution in [3.63, 3.8) is 0 Å². The number of nitrogens with zero attached hydrogens (tertiary/aromatic N) is 1. The summed E-state index contributed by atoms with van der Waals surface area (Å²) in [5, 5.41) is 9.43. The Balaban J connectivity index is 2.73. The summed E-state index contributed by atoms with van der Waals surface area (Å²) in [7, 11) is 2.11. The van der Waals surface area contributed by atoms with Crippen molar-refractivity contribution < 1.29 is 5.11 Å². The van der Waals surface area contributed by atoms with E-state index in [1.807, 2.05) is 23.9 Å². The zero-order valence-electron chi connectivity index (χ0n) is 10.5. The van der Waals surface area contributed by atoms with Gasteiger partial charge in [0.25, 0.3) is 0 Å². The highest BCUT2D eigenvalue weighted by atomic mass is 32.2. The lowest BCUT2D eigenvalue weighted by molar-refractivity contribution is 0.199. The largest absolute Gasteiger partial charge is 0.389 e. The number of hydrogen-bond acceptors (Lipinski definition) is 3. The van der Waals surface area contributed by atoms with Crippen LogP contribution in [0.2, 0.25) is 0 Å². The number of rotatable bonds is 5. The summed E-state index contributed by atoms with van der Waals surface area (Å²) in [6, 6.07) is 8.63. The van der Waals surface area contributed by atoms with Crippen LogP contribution in [0.5, 0.6) is 0 Å². The van der Waals surface area contributed by atoms with Crippen LogP contribution < -0.4 is 4.90 Å². The molecule has 2 atom stereocenters. The third-order valence-corrected chi connectivity index (χ3v) is 3.67. The van der Waals surface area contributed by atoms with Crippen molar-refractivity contribution in [2.45, 2.75) is 26.0 Å². The SMILES string of the molecule is CSCC(C)N(C)c1ccc(C(C)O)cc1. The maximum absolute atomic E-state index is 9.43. The summed E-state index contributed by atoms with van der Waals surface area (Å²) in [6.07, 6.45) is 1.74. The van der Waals surface area contributed by atoms with Gasteiger partial charge in [-0.1, -0.05) is 12.1 Å². The fraction of sp³-hybridized carbons (Fsp3) is 0.538. The number of aliphatic hydroxyl groups excluding tert-OH is 1. The highest BCUT2D eigenvalue weighted by Crippen LogP contribution is 2.20. The maximum Gasteiger partial charge on any atom is 0.0761 e. The van der Waals surface area contributed by atoms with Crippen LogP contribution in [0.4, 0.5) is 5.69 Å². The number of aliphatic hydroxyl groups is 1. The Morgan fingerprint density at radius 1 is 1.25 bits per heavy atom. The molecule has 0 saturated carbocycles. The Kier molecular flexibility index (Phi) is 5.16. The van der Waals surface area contributed by atoms with Crippen LogP contribution in [-0.4, -0.2) is 30.2 Å². The predicted octanol–water partition coefficient (Wildman–Crippen LogP) is 2.93. The van der Waals surface area contributed by atoms with E-state index in [0.717, 1.165) is 11.3 Å². The Labute approximate surface area is 103 Å². The van der Waals surface area contributed by atoms with E-state index in [2.05, 4.69) is 37.3 Å². The van der Waals surface area contributed by atoms with Gasteiger partial charge < -0.3 is 10.0 Å². The van der Waals surface area contributed by atoms with E-state index in [0.29, 0.717) is 6.04 Å². The Morgan fingerprint density at radius 2 is 1.81 bits per heavy atom. The molecule has 0 bridgehead atoms. The van der Waals surface area contributed by atoms with Gasteiger partial charge in [-0.05, 0) is 37.8 Å². The second-order valence-electron chi connectivity index (χ2n) is 4.18. The Morgan fingerprint density at radius 3 is 2.25 bits per heavy atom. The molecular weight excluding hydrogens is 218 g/mol. The maximum atomic E-state index is 9.43. The van der Waals surface area contributed by atoms with Gasteiger partial charge in [0.05, 0.1) is 6.10 Å². The molecule has 1 aromatic rings. The van der Waals surface area contributed by atoms with Crippen molar-refractivity contribution in [3.05, 3.63) is 29.8 Å². The minimum Gasteiger partial charge on any atom is -0.389 e. The molecule has 0 saturated heterocycles. The predicted molar refractivity (Wildman–Crippen MR) is 73.3 cm³/mol. The van der Waals surface area contributed by atoms with Gasteiger partial charge in [-0.15, -0.1) is 0 Å². The van der Waals surface area contributed by atoms with Gasteiger partial charge in [0.2, 0.25) is 0 Å². The van der Waals surface area contributed by atoms with Crippen LogP contribution in [-0.2, 0) is 0 Å². The van der Waals surface area contributed by atoms with Crippen LogP contribution >= 0.6 is 11.8 Å². The van der Waals surface area contributed by atoms with Gasteiger partial charge in [0, 0.05) is 24.5 Å².